The standard InChI is InChI=1S/C13H17N3O3/c1-17-11-4-3-10(7-12(11)18-2)8-14-6-5-13-15-9-19-16-13/h3-4,7,9,14H,5-6,8H2,1-2H3. The number of hydrogen-bond acceptors (Lipinski definition) is 6. The van der Waals surface area contributed by atoms with Gasteiger partial charge < -0.3 is 19.3 Å². The second-order valence-electron chi connectivity index (χ2n) is 3.96. The molecule has 0 fully saturated rings. The fraction of sp³-hybridized carbons (Fsp3) is 0.385. The fourth-order valence-corrected chi connectivity index (χ4v) is 1.73. The Labute approximate surface area is 111 Å². The molecular formula is C13H17N3O3. The minimum absolute atomic E-state index is 0.708. The molecular weight excluding hydrogens is 246 g/mol. The molecule has 2 rings (SSSR count). The van der Waals surface area contributed by atoms with Crippen LogP contribution in [-0.2, 0) is 13.0 Å². The van der Waals surface area contributed by atoms with Crippen LogP contribution in [0.2, 0.25) is 0 Å². The maximum atomic E-state index is 5.26. The SMILES string of the molecule is COc1ccc(CNCCc2ncon2)cc1OC. The predicted octanol–water partition coefficient (Wildman–Crippen LogP) is 1.42. The first-order chi connectivity index (χ1) is 9.33. The van der Waals surface area contributed by atoms with Gasteiger partial charge in [-0.25, -0.2) is 0 Å². The summed E-state index contributed by atoms with van der Waals surface area (Å²) in [6.45, 7) is 1.53. The van der Waals surface area contributed by atoms with Crippen molar-refractivity contribution in [3.8, 4) is 11.5 Å². The average Bonchev–Trinajstić information content (AvgIpc) is 2.96. The molecule has 102 valence electrons. The van der Waals surface area contributed by atoms with Gasteiger partial charge in [-0.2, -0.15) is 4.98 Å². The van der Waals surface area contributed by atoms with Gasteiger partial charge in [0.15, 0.2) is 17.3 Å². The number of aromatic nitrogens is 2. The number of hydrogen-bond donors (Lipinski definition) is 1. The molecule has 0 aliphatic carbocycles. The Balaban J connectivity index is 1.82. The average molecular weight is 263 g/mol. The smallest absolute Gasteiger partial charge is 0.213 e. The Hall–Kier alpha value is -2.08. The highest BCUT2D eigenvalue weighted by Crippen LogP contribution is 2.27. The van der Waals surface area contributed by atoms with Gasteiger partial charge in [-0.05, 0) is 17.7 Å². The minimum atomic E-state index is 0.708. The number of nitrogens with zero attached hydrogens (tertiary/aromatic N) is 2. The van der Waals surface area contributed by atoms with Crippen LogP contribution in [0.3, 0.4) is 0 Å². The van der Waals surface area contributed by atoms with Gasteiger partial charge >= 0.3 is 0 Å². The van der Waals surface area contributed by atoms with E-state index in [-0.39, 0.29) is 0 Å². The molecule has 0 saturated carbocycles. The largest absolute Gasteiger partial charge is 0.493 e. The maximum Gasteiger partial charge on any atom is 0.213 e. The molecule has 0 amide bonds. The highest BCUT2D eigenvalue weighted by Gasteiger charge is 2.04. The van der Waals surface area contributed by atoms with E-state index in [0.29, 0.717) is 5.82 Å². The molecule has 1 heterocycles. The van der Waals surface area contributed by atoms with E-state index in [2.05, 4.69) is 20.0 Å². The lowest BCUT2D eigenvalue weighted by molar-refractivity contribution is 0.354. The molecule has 6 nitrogen and oxygen atoms in total. The third-order valence-corrected chi connectivity index (χ3v) is 2.71. The highest BCUT2D eigenvalue weighted by molar-refractivity contribution is 5.42. The molecule has 0 atom stereocenters. The molecule has 0 aliphatic heterocycles. The topological polar surface area (TPSA) is 69.4 Å². The summed E-state index contributed by atoms with van der Waals surface area (Å²) in [4.78, 5) is 3.96. The Bertz CT molecular complexity index is 500. The molecule has 19 heavy (non-hydrogen) atoms. The van der Waals surface area contributed by atoms with Gasteiger partial charge in [0, 0.05) is 19.5 Å². The van der Waals surface area contributed by atoms with Crippen molar-refractivity contribution in [2.45, 2.75) is 13.0 Å². The minimum Gasteiger partial charge on any atom is -0.493 e. The van der Waals surface area contributed by atoms with Gasteiger partial charge in [-0.3, -0.25) is 0 Å². The molecule has 0 aliphatic rings. The number of nitrogens with one attached hydrogen (secondary N) is 1. The molecule has 0 spiro atoms. The Morgan fingerprint density at radius 2 is 2.05 bits per heavy atom. The normalized spacial score (nSPS) is 10.4. The summed E-state index contributed by atoms with van der Waals surface area (Å²) < 4.78 is 15.1. The van der Waals surface area contributed by atoms with Crippen molar-refractivity contribution in [1.82, 2.24) is 15.5 Å². The van der Waals surface area contributed by atoms with Gasteiger partial charge in [-0.1, -0.05) is 11.2 Å². The zero-order valence-corrected chi connectivity index (χ0v) is 11.0. The van der Waals surface area contributed by atoms with Crippen LogP contribution < -0.4 is 14.8 Å². The number of rotatable bonds is 7. The zero-order valence-electron chi connectivity index (χ0n) is 11.0. The van der Waals surface area contributed by atoms with Crippen molar-refractivity contribution in [2.75, 3.05) is 20.8 Å². The van der Waals surface area contributed by atoms with Crippen molar-refractivity contribution in [3.05, 3.63) is 36.0 Å². The van der Waals surface area contributed by atoms with E-state index in [1.807, 2.05) is 18.2 Å². The third kappa shape index (κ3) is 3.69. The van der Waals surface area contributed by atoms with Crippen LogP contribution in [0.25, 0.3) is 0 Å². The Morgan fingerprint density at radius 1 is 1.21 bits per heavy atom. The summed E-state index contributed by atoms with van der Waals surface area (Å²) in [7, 11) is 3.26. The summed E-state index contributed by atoms with van der Waals surface area (Å²) in [6, 6.07) is 5.86. The van der Waals surface area contributed by atoms with Crippen LogP contribution in [0.5, 0.6) is 11.5 Å². The molecule has 1 N–H and O–H groups in total. The summed E-state index contributed by atoms with van der Waals surface area (Å²) in [5.74, 6) is 2.18. The molecule has 1 aromatic heterocycles. The van der Waals surface area contributed by atoms with Crippen LogP contribution in [0.1, 0.15) is 11.4 Å². The van der Waals surface area contributed by atoms with E-state index in [4.69, 9.17) is 9.47 Å². The predicted molar refractivity (Wildman–Crippen MR) is 69.3 cm³/mol. The second-order valence-corrected chi connectivity index (χ2v) is 3.96. The van der Waals surface area contributed by atoms with Crippen molar-refractivity contribution >= 4 is 0 Å². The first kappa shape index (κ1) is 13.4. The summed E-state index contributed by atoms with van der Waals surface area (Å²) in [6.07, 6.45) is 2.08. The lowest BCUT2D eigenvalue weighted by atomic mass is 10.2. The van der Waals surface area contributed by atoms with Gasteiger partial charge in [0.25, 0.3) is 0 Å². The number of methoxy groups -OCH3 is 2. The van der Waals surface area contributed by atoms with Crippen molar-refractivity contribution in [2.24, 2.45) is 0 Å². The van der Waals surface area contributed by atoms with E-state index >= 15 is 0 Å². The highest BCUT2D eigenvalue weighted by atomic mass is 16.5. The Morgan fingerprint density at radius 3 is 2.74 bits per heavy atom. The van der Waals surface area contributed by atoms with E-state index in [1.54, 1.807) is 14.2 Å². The fourth-order valence-electron chi connectivity index (χ4n) is 1.73. The van der Waals surface area contributed by atoms with Gasteiger partial charge in [0.2, 0.25) is 6.39 Å². The maximum absolute atomic E-state index is 5.26. The van der Waals surface area contributed by atoms with Crippen LogP contribution in [-0.4, -0.2) is 30.9 Å². The second kappa shape index (κ2) is 6.75. The molecule has 0 bridgehead atoms. The molecule has 6 heteroatoms. The summed E-state index contributed by atoms with van der Waals surface area (Å²) in [5.41, 5.74) is 1.13. The van der Waals surface area contributed by atoms with Crippen LogP contribution in [0.15, 0.2) is 29.1 Å². The van der Waals surface area contributed by atoms with Crippen molar-refractivity contribution < 1.29 is 14.0 Å². The van der Waals surface area contributed by atoms with E-state index in [0.717, 1.165) is 36.6 Å². The number of benzene rings is 1. The van der Waals surface area contributed by atoms with Gasteiger partial charge in [0.1, 0.15) is 0 Å². The first-order valence-corrected chi connectivity index (χ1v) is 6.00. The van der Waals surface area contributed by atoms with E-state index < -0.39 is 0 Å². The van der Waals surface area contributed by atoms with E-state index in [1.165, 1.54) is 6.39 Å². The lowest BCUT2D eigenvalue weighted by Crippen LogP contribution is -2.17. The molecule has 0 saturated heterocycles. The van der Waals surface area contributed by atoms with Gasteiger partial charge in [0.05, 0.1) is 14.2 Å². The van der Waals surface area contributed by atoms with Crippen LogP contribution in [0.4, 0.5) is 0 Å². The third-order valence-electron chi connectivity index (χ3n) is 2.71. The van der Waals surface area contributed by atoms with E-state index in [9.17, 15) is 0 Å². The number of ether oxygens (including phenoxy) is 2. The molecule has 1 aromatic carbocycles. The molecule has 0 unspecified atom stereocenters. The van der Waals surface area contributed by atoms with Crippen LogP contribution >= 0.6 is 0 Å². The monoisotopic (exact) mass is 263 g/mol. The molecule has 2 aromatic rings. The van der Waals surface area contributed by atoms with Crippen molar-refractivity contribution in [3.63, 3.8) is 0 Å². The zero-order chi connectivity index (χ0) is 13.5. The van der Waals surface area contributed by atoms with Gasteiger partial charge in [-0.15, -0.1) is 0 Å². The lowest BCUT2D eigenvalue weighted by Gasteiger charge is -2.10. The molecule has 0 radical (unpaired) electrons. The summed E-state index contributed by atoms with van der Waals surface area (Å²) >= 11 is 0. The Kier molecular flexibility index (Phi) is 4.74. The summed E-state index contributed by atoms with van der Waals surface area (Å²) in [5, 5.41) is 7.06. The van der Waals surface area contributed by atoms with Crippen molar-refractivity contribution in [1.29, 1.82) is 0 Å². The van der Waals surface area contributed by atoms with Crippen LogP contribution in [0, 0.1) is 0 Å². The quantitative estimate of drug-likeness (QED) is 0.762. The first-order valence-electron chi connectivity index (χ1n) is 6.00.